The molecule has 0 aliphatic heterocycles. The molecule has 0 unspecified atom stereocenters. The maximum atomic E-state index is 10.9. The smallest absolute Gasteiger partial charge is 0 e. The van der Waals surface area contributed by atoms with Gasteiger partial charge in [0.15, 0.2) is 5.94 Å². The Kier molecular flexibility index (Phi) is 45.7. The Labute approximate surface area is 147 Å². The van der Waals surface area contributed by atoms with E-state index < -0.39 is 0 Å². The van der Waals surface area contributed by atoms with Crippen molar-refractivity contribution >= 4 is 11.6 Å². The molecule has 1 rings (SSSR count). The molecular weight excluding hydrogens is 338 g/mol. The predicted molar refractivity (Wildman–Crippen MR) is 74.2 cm³/mol. The van der Waals surface area contributed by atoms with Crippen molar-refractivity contribution in [1.82, 2.24) is 4.90 Å². The maximum Gasteiger partial charge on any atom is 0 e. The van der Waals surface area contributed by atoms with E-state index >= 15 is 0 Å². The van der Waals surface area contributed by atoms with Gasteiger partial charge in [0.1, 0.15) is 5.70 Å². The molecule has 120 valence electrons. The number of rotatable bonds is 4. The number of nitrogens with zero attached hydrogens (tertiary/aromatic N) is 1. The van der Waals surface area contributed by atoms with E-state index in [0.717, 1.165) is 18.7 Å². The van der Waals surface area contributed by atoms with Crippen LogP contribution in [0.3, 0.4) is 0 Å². The first kappa shape index (κ1) is 32.8. The normalized spacial score (nSPS) is 6.00. The van der Waals surface area contributed by atoms with E-state index in [0.29, 0.717) is 5.70 Å². The van der Waals surface area contributed by atoms with Gasteiger partial charge >= 0.3 is 45.2 Å². The average molecular weight is 353 g/mol. The average Bonchev–Trinajstić information content (AvgIpc) is 2.67. The van der Waals surface area contributed by atoms with Gasteiger partial charge in [0, 0.05) is 36.0 Å². The fourth-order valence-electron chi connectivity index (χ4n) is 1.44. The standard InChI is InChI=1S/C12H15NO.4CO.Cr/c1-3-13(4-2)12(10-14)11-8-6-5-7-9-11;4*1-2;/h5-9H,3-4H2,1-2H3;;;;;. The van der Waals surface area contributed by atoms with Crippen molar-refractivity contribution in [3.8, 4) is 0 Å². The molecule has 0 aromatic heterocycles. The molecule has 0 saturated carbocycles. The van der Waals surface area contributed by atoms with Gasteiger partial charge in [0.2, 0.25) is 0 Å². The van der Waals surface area contributed by atoms with Crippen molar-refractivity contribution in [1.29, 1.82) is 0 Å². The van der Waals surface area contributed by atoms with Crippen molar-refractivity contribution < 1.29 is 40.8 Å². The third-order valence-corrected chi connectivity index (χ3v) is 2.22. The molecule has 0 amide bonds. The van der Waals surface area contributed by atoms with Crippen LogP contribution in [0.5, 0.6) is 0 Å². The van der Waals surface area contributed by atoms with Crippen molar-refractivity contribution in [3.63, 3.8) is 0 Å². The van der Waals surface area contributed by atoms with Gasteiger partial charge in [-0.3, -0.25) is 0 Å². The summed E-state index contributed by atoms with van der Waals surface area (Å²) in [5.74, 6) is 2.01. The first-order chi connectivity index (χ1) is 10.8. The topological polar surface area (TPSA) is 99.9 Å². The molecule has 0 aliphatic carbocycles. The molecule has 6 nitrogen and oxygen atoms in total. The molecule has 1 aromatic rings. The summed E-state index contributed by atoms with van der Waals surface area (Å²) in [7, 11) is 0. The van der Waals surface area contributed by atoms with Gasteiger partial charge < -0.3 is 4.90 Å². The summed E-state index contributed by atoms with van der Waals surface area (Å²) >= 11 is 0. The summed E-state index contributed by atoms with van der Waals surface area (Å²) in [5.41, 5.74) is 1.59. The molecule has 0 bridgehead atoms. The third-order valence-electron chi connectivity index (χ3n) is 2.22. The zero-order chi connectivity index (χ0) is 18.4. The van der Waals surface area contributed by atoms with Crippen LogP contribution in [0, 0.1) is 26.6 Å². The SMILES string of the molecule is CCN(CC)C(=C=O)c1ccccc1.[C-]#[O+].[C-]#[O+].[C-]#[O+].[C-]#[O+].[Cr]. The van der Waals surface area contributed by atoms with Gasteiger partial charge in [-0.15, -0.1) is 0 Å². The summed E-state index contributed by atoms with van der Waals surface area (Å²) in [6.45, 7) is 23.7. The van der Waals surface area contributed by atoms with E-state index in [9.17, 15) is 4.79 Å². The molecule has 0 heterocycles. The first-order valence-corrected chi connectivity index (χ1v) is 5.70. The molecule has 0 radical (unpaired) electrons. The Morgan fingerprint density at radius 2 is 1.26 bits per heavy atom. The molecule has 7 heteroatoms. The second kappa shape index (κ2) is 32.1. The molecule has 0 spiro atoms. The van der Waals surface area contributed by atoms with Crippen LogP contribution in [0.1, 0.15) is 19.4 Å². The van der Waals surface area contributed by atoms with Crippen molar-refractivity contribution in [2.45, 2.75) is 13.8 Å². The molecule has 0 aliphatic rings. The Bertz CT molecular complexity index is 459. The van der Waals surface area contributed by atoms with E-state index in [4.69, 9.17) is 18.6 Å². The molecule has 23 heavy (non-hydrogen) atoms. The monoisotopic (exact) mass is 353 g/mol. The Balaban J connectivity index is -0.000000105. The van der Waals surface area contributed by atoms with Gasteiger partial charge in [-0.1, -0.05) is 30.3 Å². The van der Waals surface area contributed by atoms with Gasteiger partial charge in [-0.05, 0) is 13.8 Å². The minimum atomic E-state index is 0. The number of benzene rings is 1. The summed E-state index contributed by atoms with van der Waals surface area (Å²) in [4.78, 5) is 12.9. The molecule has 0 atom stereocenters. The van der Waals surface area contributed by atoms with Gasteiger partial charge in [-0.2, -0.15) is 0 Å². The maximum absolute atomic E-state index is 10.9. The molecule has 0 saturated heterocycles. The number of hydrogen-bond acceptors (Lipinski definition) is 2. The Morgan fingerprint density at radius 1 is 0.913 bits per heavy atom. The fourth-order valence-corrected chi connectivity index (χ4v) is 1.44. The van der Waals surface area contributed by atoms with Crippen LogP contribution in [0.2, 0.25) is 0 Å². The van der Waals surface area contributed by atoms with Crippen LogP contribution in [0.4, 0.5) is 0 Å². The minimum Gasteiger partial charge on any atom is 0 e. The van der Waals surface area contributed by atoms with Crippen LogP contribution in [0.25, 0.3) is 5.70 Å². The van der Waals surface area contributed by atoms with Gasteiger partial charge in [0.25, 0.3) is 0 Å². The fraction of sp³-hybridized carbons (Fsp3) is 0.250. The second-order valence-electron chi connectivity index (χ2n) is 2.99. The van der Waals surface area contributed by atoms with E-state index in [1.807, 2.05) is 55.0 Å². The van der Waals surface area contributed by atoms with Crippen LogP contribution in [-0.2, 0) is 40.8 Å². The Morgan fingerprint density at radius 3 is 1.52 bits per heavy atom. The molecular formula is C16H15CrNO5. The second-order valence-corrected chi connectivity index (χ2v) is 2.99. The number of carbonyl (C=O) groups excluding carboxylic acids is 1. The van der Waals surface area contributed by atoms with Crippen molar-refractivity contribution in [3.05, 3.63) is 62.5 Å². The molecule has 1 aromatic carbocycles. The van der Waals surface area contributed by atoms with Crippen LogP contribution in [0.15, 0.2) is 30.3 Å². The van der Waals surface area contributed by atoms with Crippen molar-refractivity contribution in [2.75, 3.05) is 13.1 Å². The molecule has 0 N–H and O–H groups in total. The first-order valence-electron chi connectivity index (χ1n) is 5.70. The molecule has 0 fully saturated rings. The van der Waals surface area contributed by atoms with E-state index in [2.05, 4.69) is 26.6 Å². The van der Waals surface area contributed by atoms with E-state index in [1.165, 1.54) is 0 Å². The minimum absolute atomic E-state index is 0. The zero-order valence-corrected chi connectivity index (χ0v) is 14.0. The zero-order valence-electron chi connectivity index (χ0n) is 12.7. The third kappa shape index (κ3) is 16.2. The number of hydrogen-bond donors (Lipinski definition) is 0. The van der Waals surface area contributed by atoms with Crippen molar-refractivity contribution in [2.24, 2.45) is 0 Å². The van der Waals surface area contributed by atoms with Crippen LogP contribution in [-0.4, -0.2) is 23.9 Å². The van der Waals surface area contributed by atoms with E-state index in [1.54, 1.807) is 0 Å². The van der Waals surface area contributed by atoms with Crippen LogP contribution < -0.4 is 0 Å². The predicted octanol–water partition coefficient (Wildman–Crippen LogP) is 2.05. The van der Waals surface area contributed by atoms with E-state index in [-0.39, 0.29) is 17.4 Å². The quantitative estimate of drug-likeness (QED) is 0.470. The largest absolute Gasteiger partial charge is 0 e. The summed E-state index contributed by atoms with van der Waals surface area (Å²) in [6.07, 6.45) is 0. The summed E-state index contributed by atoms with van der Waals surface area (Å²) in [6, 6.07) is 9.65. The van der Waals surface area contributed by atoms with Gasteiger partial charge in [0.05, 0.1) is 0 Å². The van der Waals surface area contributed by atoms with Gasteiger partial charge in [-0.25, -0.2) is 4.79 Å². The summed E-state index contributed by atoms with van der Waals surface area (Å²) in [5, 5.41) is 0. The summed E-state index contributed by atoms with van der Waals surface area (Å²) < 4.78 is 30.0. The Hall–Kier alpha value is -2.04. The van der Waals surface area contributed by atoms with Crippen LogP contribution >= 0.6 is 0 Å².